The molecule has 100 valence electrons. The predicted molar refractivity (Wildman–Crippen MR) is 68.6 cm³/mol. The number of para-hydroxylation sites is 1. The van der Waals surface area contributed by atoms with E-state index >= 15 is 0 Å². The summed E-state index contributed by atoms with van der Waals surface area (Å²) in [5.41, 5.74) is -0.392. The number of nitroso groups, excluding NO2 is 2. The molecule has 0 spiro atoms. The number of hydrazine groups is 1. The zero-order chi connectivity index (χ0) is 14.4. The molecule has 0 saturated heterocycles. The number of nitrogens with zero attached hydrogens (tertiary/aromatic N) is 4. The molecule has 0 unspecified atom stereocenters. The van der Waals surface area contributed by atoms with Crippen LogP contribution in [0.2, 0.25) is 0 Å². The maximum atomic E-state index is 12.1. The summed E-state index contributed by atoms with van der Waals surface area (Å²) in [4.78, 5) is 33.3. The molecule has 0 atom stereocenters. The summed E-state index contributed by atoms with van der Waals surface area (Å²) in [6, 6.07) is 8.06. The molecule has 0 saturated carbocycles. The van der Waals surface area contributed by atoms with Crippen LogP contribution in [0.15, 0.2) is 52.3 Å². The summed E-state index contributed by atoms with van der Waals surface area (Å²) in [5.74, 6) is -1.50. The third-order valence-electron chi connectivity index (χ3n) is 2.24. The van der Waals surface area contributed by atoms with Gasteiger partial charge < -0.3 is 5.11 Å². The largest absolute Gasteiger partial charge is 0.510 e. The predicted octanol–water partition coefficient (Wildman–Crippen LogP) is 2.10. The highest BCUT2D eigenvalue weighted by molar-refractivity contribution is 6.04. The molecule has 1 rings (SSSR count). The number of benzene rings is 1. The van der Waals surface area contributed by atoms with E-state index in [1.807, 2.05) is 0 Å². The molecule has 0 aliphatic heterocycles. The smallest absolute Gasteiger partial charge is 0.304 e. The topological polar surface area (TPSA) is 103 Å². The van der Waals surface area contributed by atoms with Crippen molar-refractivity contribution in [2.75, 3.05) is 12.1 Å². The molecule has 0 bridgehead atoms. The molecule has 1 aromatic carbocycles. The minimum Gasteiger partial charge on any atom is -0.510 e. The first-order chi connectivity index (χ1) is 9.02. The molecule has 8 heteroatoms. The van der Waals surface area contributed by atoms with Crippen molar-refractivity contribution in [2.24, 2.45) is 10.5 Å². The van der Waals surface area contributed by atoms with Gasteiger partial charge in [0.15, 0.2) is 0 Å². The van der Waals surface area contributed by atoms with Gasteiger partial charge >= 0.3 is 5.91 Å². The van der Waals surface area contributed by atoms with Gasteiger partial charge in [-0.2, -0.15) is 10.1 Å². The Morgan fingerprint density at radius 2 is 1.79 bits per heavy atom. The molecule has 1 aromatic rings. The Morgan fingerprint density at radius 1 is 1.21 bits per heavy atom. The number of hydrogen-bond donors (Lipinski definition) is 1. The number of anilines is 1. The monoisotopic (exact) mass is 264 g/mol. The van der Waals surface area contributed by atoms with Gasteiger partial charge in [0.05, 0.1) is 18.0 Å². The van der Waals surface area contributed by atoms with Gasteiger partial charge in [-0.05, 0) is 24.2 Å². The zero-order valence-electron chi connectivity index (χ0n) is 10.3. The first-order valence-electron chi connectivity index (χ1n) is 5.22. The summed E-state index contributed by atoms with van der Waals surface area (Å²) < 4.78 is 0. The van der Waals surface area contributed by atoms with Crippen molar-refractivity contribution in [1.29, 1.82) is 0 Å². The Hall–Kier alpha value is -2.77. The van der Waals surface area contributed by atoms with Crippen molar-refractivity contribution in [3.05, 3.63) is 51.6 Å². The third kappa shape index (κ3) is 3.12. The summed E-state index contributed by atoms with van der Waals surface area (Å²) in [5, 5.41) is 15.8. The van der Waals surface area contributed by atoms with Gasteiger partial charge in [-0.1, -0.05) is 18.2 Å². The van der Waals surface area contributed by atoms with Crippen molar-refractivity contribution in [3.8, 4) is 0 Å². The van der Waals surface area contributed by atoms with E-state index in [-0.39, 0.29) is 0 Å². The fourth-order valence-electron chi connectivity index (χ4n) is 1.38. The lowest BCUT2D eigenvalue weighted by atomic mass is 10.3. The second kappa shape index (κ2) is 6.24. The molecule has 8 nitrogen and oxygen atoms in total. The standard InChI is InChI=1S/C11H12N4O4/c1-8(16)10(12-18)11(17)15(14(2)13-19)9-6-4-3-5-7-9/h3-7,16H,1-2H3/b10-8-. The number of carbonyl (C=O) groups excluding carboxylic acids is 1. The minimum atomic E-state index is -0.955. The minimum absolute atomic E-state index is 0.303. The Labute approximate surface area is 108 Å². The van der Waals surface area contributed by atoms with Crippen LogP contribution in [0.25, 0.3) is 0 Å². The van der Waals surface area contributed by atoms with Gasteiger partial charge in [0.1, 0.15) is 5.76 Å². The van der Waals surface area contributed by atoms with Crippen molar-refractivity contribution in [2.45, 2.75) is 6.92 Å². The van der Waals surface area contributed by atoms with Crippen LogP contribution < -0.4 is 5.01 Å². The highest BCUT2D eigenvalue weighted by Crippen LogP contribution is 2.19. The maximum Gasteiger partial charge on any atom is 0.304 e. The van der Waals surface area contributed by atoms with E-state index in [2.05, 4.69) is 10.5 Å². The molecular weight excluding hydrogens is 252 g/mol. The van der Waals surface area contributed by atoms with Crippen LogP contribution in [0.3, 0.4) is 0 Å². The van der Waals surface area contributed by atoms with E-state index in [0.717, 1.165) is 11.9 Å². The number of amides is 1. The van der Waals surface area contributed by atoms with Crippen LogP contribution in [0.5, 0.6) is 0 Å². The van der Waals surface area contributed by atoms with Gasteiger partial charge in [-0.25, -0.2) is 0 Å². The third-order valence-corrected chi connectivity index (χ3v) is 2.24. The maximum absolute atomic E-state index is 12.1. The van der Waals surface area contributed by atoms with E-state index in [0.29, 0.717) is 10.8 Å². The van der Waals surface area contributed by atoms with E-state index < -0.39 is 17.4 Å². The molecule has 0 radical (unpaired) electrons. The second-order valence-corrected chi connectivity index (χ2v) is 3.55. The molecule has 0 aliphatic rings. The molecule has 0 aromatic heterocycles. The Morgan fingerprint density at radius 3 is 2.21 bits per heavy atom. The first-order valence-corrected chi connectivity index (χ1v) is 5.22. The molecule has 1 N–H and O–H groups in total. The lowest BCUT2D eigenvalue weighted by molar-refractivity contribution is -0.118. The molecule has 19 heavy (non-hydrogen) atoms. The quantitative estimate of drug-likeness (QED) is 0.379. The van der Waals surface area contributed by atoms with Crippen molar-refractivity contribution in [1.82, 2.24) is 5.12 Å². The molecule has 0 fully saturated rings. The van der Waals surface area contributed by atoms with E-state index in [1.165, 1.54) is 19.2 Å². The normalized spacial score (nSPS) is 11.3. The van der Waals surface area contributed by atoms with Crippen LogP contribution in [-0.2, 0) is 4.79 Å². The fraction of sp³-hybridized carbons (Fsp3) is 0.182. The van der Waals surface area contributed by atoms with E-state index in [1.54, 1.807) is 18.2 Å². The number of rotatable bonds is 5. The lowest BCUT2D eigenvalue weighted by Gasteiger charge is -2.26. The Kier molecular flexibility index (Phi) is 4.69. The van der Waals surface area contributed by atoms with Crippen LogP contribution in [-0.4, -0.2) is 23.2 Å². The lowest BCUT2D eigenvalue weighted by Crippen LogP contribution is -2.42. The van der Waals surface area contributed by atoms with Crippen LogP contribution in [0.1, 0.15) is 6.92 Å². The second-order valence-electron chi connectivity index (χ2n) is 3.55. The molecule has 1 amide bonds. The highest BCUT2D eigenvalue weighted by Gasteiger charge is 2.27. The summed E-state index contributed by atoms with van der Waals surface area (Å²) in [6.45, 7) is 1.14. The van der Waals surface area contributed by atoms with Crippen molar-refractivity contribution in [3.63, 3.8) is 0 Å². The molecule has 0 heterocycles. The van der Waals surface area contributed by atoms with Crippen LogP contribution in [0, 0.1) is 9.81 Å². The van der Waals surface area contributed by atoms with Gasteiger partial charge in [0, 0.05) is 0 Å². The summed E-state index contributed by atoms with van der Waals surface area (Å²) >= 11 is 0. The number of carbonyl (C=O) groups is 1. The van der Waals surface area contributed by atoms with Crippen LogP contribution >= 0.6 is 0 Å². The highest BCUT2D eigenvalue weighted by atomic mass is 16.3. The summed E-state index contributed by atoms with van der Waals surface area (Å²) in [6.07, 6.45) is 0. The number of aliphatic hydroxyl groups is 1. The molecular formula is C11H12N4O4. The zero-order valence-corrected chi connectivity index (χ0v) is 10.3. The van der Waals surface area contributed by atoms with E-state index in [4.69, 9.17) is 0 Å². The number of hydrogen-bond acceptors (Lipinski definition) is 6. The Balaban J connectivity index is 3.27. The number of allylic oxidation sites excluding steroid dienone is 1. The SMILES string of the molecule is C/C(O)=C(/N=O)C(=O)N(c1ccccc1)N(C)N=O. The number of aliphatic hydroxyl groups excluding tert-OH is 1. The van der Waals surface area contributed by atoms with Crippen LogP contribution in [0.4, 0.5) is 5.69 Å². The average molecular weight is 264 g/mol. The van der Waals surface area contributed by atoms with Gasteiger partial charge in [0.25, 0.3) is 0 Å². The van der Waals surface area contributed by atoms with Gasteiger partial charge in [-0.15, -0.1) is 9.81 Å². The average Bonchev–Trinajstić information content (AvgIpc) is 2.40. The van der Waals surface area contributed by atoms with Crippen molar-refractivity contribution >= 4 is 11.6 Å². The van der Waals surface area contributed by atoms with Gasteiger partial charge in [-0.3, -0.25) is 4.79 Å². The fourth-order valence-corrected chi connectivity index (χ4v) is 1.38. The van der Waals surface area contributed by atoms with E-state index in [9.17, 15) is 19.7 Å². The summed E-state index contributed by atoms with van der Waals surface area (Å²) in [7, 11) is 1.23. The van der Waals surface area contributed by atoms with Crippen molar-refractivity contribution < 1.29 is 9.90 Å². The Bertz CT molecular complexity index is 511. The van der Waals surface area contributed by atoms with Gasteiger partial charge in [0.2, 0.25) is 5.70 Å². The first kappa shape index (κ1) is 14.3. The molecule has 0 aliphatic carbocycles.